The molecule has 2 aromatic rings. The fraction of sp³-hybridized carbons (Fsp3) is 0.407. The number of nitrogens with zero attached hydrogens (tertiary/aromatic N) is 2. The number of carbonyl (C=O) groups excluding carboxylic acids is 2. The molecule has 7 nitrogen and oxygen atoms in total. The molecule has 1 aliphatic carbocycles. The average molecular weight is 460 g/mol. The molecule has 0 saturated heterocycles. The summed E-state index contributed by atoms with van der Waals surface area (Å²) in [6.07, 6.45) is 5.31. The van der Waals surface area contributed by atoms with E-state index >= 15 is 0 Å². The molecule has 0 bridgehead atoms. The Kier molecular flexibility index (Phi) is 8.80. The first kappa shape index (κ1) is 25.0. The molecule has 0 unspecified atom stereocenters. The standard InChI is InChI=1S/C27H33N5O2/c1-18(2)25-13-21(14-26(33)30-17-24-8-4-5-10-29-24)19(3)11-22(25)16-31-27(34)32-23-9-6-7-20(12-23)15-28/h4-12,18,21-22,25H,13-14,16-17H2,1-3H3,(H,30,33)(H2,31,32,34)/t21-,22-,25-/m0/s1. The lowest BCUT2D eigenvalue weighted by Gasteiger charge is -2.37. The maximum absolute atomic E-state index is 12.6. The number of nitrogens with one attached hydrogen (secondary N) is 3. The molecule has 3 rings (SSSR count). The fourth-order valence-electron chi connectivity index (χ4n) is 4.55. The lowest BCUT2D eigenvalue weighted by molar-refractivity contribution is -0.122. The number of benzene rings is 1. The first-order chi connectivity index (χ1) is 16.4. The van der Waals surface area contributed by atoms with Crippen LogP contribution in [0.4, 0.5) is 10.5 Å². The van der Waals surface area contributed by atoms with Crippen LogP contribution in [0.25, 0.3) is 0 Å². The van der Waals surface area contributed by atoms with Crippen molar-refractivity contribution in [2.75, 3.05) is 11.9 Å². The van der Waals surface area contributed by atoms with E-state index in [0.29, 0.717) is 42.6 Å². The molecular weight excluding hydrogens is 426 g/mol. The van der Waals surface area contributed by atoms with Gasteiger partial charge in [-0.3, -0.25) is 9.78 Å². The van der Waals surface area contributed by atoms with E-state index in [-0.39, 0.29) is 23.8 Å². The van der Waals surface area contributed by atoms with Crippen LogP contribution < -0.4 is 16.0 Å². The molecule has 0 radical (unpaired) electrons. The third-order valence-electron chi connectivity index (χ3n) is 6.46. The normalized spacial score (nSPS) is 19.6. The first-order valence-electron chi connectivity index (χ1n) is 11.8. The number of rotatable bonds is 8. The molecule has 34 heavy (non-hydrogen) atoms. The Balaban J connectivity index is 1.55. The van der Waals surface area contributed by atoms with Gasteiger partial charge in [0.1, 0.15) is 0 Å². The van der Waals surface area contributed by atoms with Gasteiger partial charge in [0.2, 0.25) is 5.91 Å². The van der Waals surface area contributed by atoms with E-state index in [1.54, 1.807) is 30.5 Å². The smallest absolute Gasteiger partial charge is 0.319 e. The third-order valence-corrected chi connectivity index (χ3v) is 6.46. The molecular formula is C27H33N5O2. The van der Waals surface area contributed by atoms with Gasteiger partial charge in [-0.1, -0.05) is 37.6 Å². The molecule has 0 spiro atoms. The second-order valence-electron chi connectivity index (χ2n) is 9.24. The molecule has 3 amide bonds. The number of amides is 3. The zero-order valence-corrected chi connectivity index (χ0v) is 20.0. The van der Waals surface area contributed by atoms with Crippen LogP contribution in [0.3, 0.4) is 0 Å². The van der Waals surface area contributed by atoms with Crippen LogP contribution in [0.2, 0.25) is 0 Å². The van der Waals surface area contributed by atoms with E-state index in [2.05, 4.69) is 53.9 Å². The summed E-state index contributed by atoms with van der Waals surface area (Å²) in [5.74, 6) is 1.20. The summed E-state index contributed by atoms with van der Waals surface area (Å²) < 4.78 is 0. The Morgan fingerprint density at radius 1 is 1.18 bits per heavy atom. The minimum Gasteiger partial charge on any atom is -0.350 e. The maximum Gasteiger partial charge on any atom is 0.319 e. The lowest BCUT2D eigenvalue weighted by Crippen LogP contribution is -2.39. The molecule has 3 atom stereocenters. The number of aromatic nitrogens is 1. The Bertz CT molecular complexity index is 1060. The number of nitriles is 1. The highest BCUT2D eigenvalue weighted by Crippen LogP contribution is 2.38. The molecule has 1 aromatic carbocycles. The Labute approximate surface area is 201 Å². The van der Waals surface area contributed by atoms with Crippen molar-refractivity contribution in [2.45, 2.75) is 40.2 Å². The zero-order chi connectivity index (χ0) is 24.5. The van der Waals surface area contributed by atoms with Crippen LogP contribution in [-0.2, 0) is 11.3 Å². The van der Waals surface area contributed by atoms with Gasteiger partial charge in [0, 0.05) is 24.8 Å². The van der Waals surface area contributed by atoms with Gasteiger partial charge in [-0.2, -0.15) is 5.26 Å². The summed E-state index contributed by atoms with van der Waals surface area (Å²) in [5.41, 5.74) is 3.12. The number of hydrogen-bond donors (Lipinski definition) is 3. The number of urea groups is 1. The van der Waals surface area contributed by atoms with E-state index in [1.807, 2.05) is 18.2 Å². The number of carbonyl (C=O) groups is 2. The van der Waals surface area contributed by atoms with Gasteiger partial charge >= 0.3 is 6.03 Å². The van der Waals surface area contributed by atoms with E-state index in [1.165, 1.54) is 5.57 Å². The maximum atomic E-state index is 12.6. The molecule has 1 aliphatic rings. The van der Waals surface area contributed by atoms with E-state index in [4.69, 9.17) is 5.26 Å². The summed E-state index contributed by atoms with van der Waals surface area (Å²) in [6, 6.07) is 14.3. The molecule has 1 aromatic heterocycles. The van der Waals surface area contributed by atoms with Gasteiger partial charge in [-0.15, -0.1) is 0 Å². The van der Waals surface area contributed by atoms with Crippen molar-refractivity contribution in [2.24, 2.45) is 23.7 Å². The highest BCUT2D eigenvalue weighted by molar-refractivity contribution is 5.89. The summed E-state index contributed by atoms with van der Waals surface area (Å²) >= 11 is 0. The number of allylic oxidation sites excluding steroid dienone is 1. The van der Waals surface area contributed by atoms with Crippen molar-refractivity contribution in [3.8, 4) is 6.07 Å². The van der Waals surface area contributed by atoms with E-state index < -0.39 is 0 Å². The highest BCUT2D eigenvalue weighted by atomic mass is 16.2. The van der Waals surface area contributed by atoms with Crippen LogP contribution in [0.15, 0.2) is 60.3 Å². The van der Waals surface area contributed by atoms with Crippen molar-refractivity contribution in [1.29, 1.82) is 5.26 Å². The predicted molar refractivity (Wildman–Crippen MR) is 133 cm³/mol. The molecule has 0 saturated carbocycles. The lowest BCUT2D eigenvalue weighted by atomic mass is 9.70. The minimum atomic E-state index is -0.292. The largest absolute Gasteiger partial charge is 0.350 e. The average Bonchev–Trinajstić information content (AvgIpc) is 2.83. The van der Waals surface area contributed by atoms with Gasteiger partial charge < -0.3 is 16.0 Å². The Morgan fingerprint density at radius 2 is 2.00 bits per heavy atom. The number of pyridine rings is 1. The van der Waals surface area contributed by atoms with Crippen molar-refractivity contribution < 1.29 is 9.59 Å². The van der Waals surface area contributed by atoms with Crippen LogP contribution >= 0.6 is 0 Å². The fourth-order valence-corrected chi connectivity index (χ4v) is 4.55. The van der Waals surface area contributed by atoms with Crippen LogP contribution in [0.5, 0.6) is 0 Å². The Morgan fingerprint density at radius 3 is 2.71 bits per heavy atom. The molecule has 0 fully saturated rings. The first-order valence-corrected chi connectivity index (χ1v) is 11.8. The minimum absolute atomic E-state index is 0.0291. The summed E-state index contributed by atoms with van der Waals surface area (Å²) in [5, 5.41) is 17.8. The van der Waals surface area contributed by atoms with Gasteiger partial charge in [0.15, 0.2) is 0 Å². The van der Waals surface area contributed by atoms with Gasteiger partial charge in [0.05, 0.1) is 23.9 Å². The molecule has 1 heterocycles. The van der Waals surface area contributed by atoms with Crippen molar-refractivity contribution in [1.82, 2.24) is 15.6 Å². The number of hydrogen-bond acceptors (Lipinski definition) is 4. The third kappa shape index (κ3) is 7.17. The van der Waals surface area contributed by atoms with Crippen LogP contribution in [0, 0.1) is 35.0 Å². The monoisotopic (exact) mass is 459 g/mol. The van der Waals surface area contributed by atoms with Crippen LogP contribution in [0.1, 0.15) is 44.9 Å². The highest BCUT2D eigenvalue weighted by Gasteiger charge is 2.32. The summed E-state index contributed by atoms with van der Waals surface area (Å²) in [4.78, 5) is 29.2. The van der Waals surface area contributed by atoms with E-state index in [9.17, 15) is 9.59 Å². The molecule has 7 heteroatoms. The summed E-state index contributed by atoms with van der Waals surface area (Å²) in [6.45, 7) is 7.41. The second-order valence-corrected chi connectivity index (χ2v) is 9.24. The van der Waals surface area contributed by atoms with Gasteiger partial charge in [0.25, 0.3) is 0 Å². The predicted octanol–water partition coefficient (Wildman–Crippen LogP) is 4.64. The van der Waals surface area contributed by atoms with Crippen LogP contribution in [-0.4, -0.2) is 23.5 Å². The van der Waals surface area contributed by atoms with Gasteiger partial charge in [-0.25, -0.2) is 4.79 Å². The SMILES string of the molecule is CC1=C[C@@H](CNC(=O)Nc2cccc(C#N)c2)[C@H](C(C)C)C[C@H]1CC(=O)NCc1ccccn1. The van der Waals surface area contributed by atoms with Crippen molar-refractivity contribution >= 4 is 17.6 Å². The van der Waals surface area contributed by atoms with Crippen molar-refractivity contribution in [3.63, 3.8) is 0 Å². The van der Waals surface area contributed by atoms with Gasteiger partial charge in [-0.05, 0) is 67.3 Å². The number of anilines is 1. The topological polar surface area (TPSA) is 107 Å². The molecule has 0 aliphatic heterocycles. The Hall–Kier alpha value is -3.66. The summed E-state index contributed by atoms with van der Waals surface area (Å²) in [7, 11) is 0. The van der Waals surface area contributed by atoms with E-state index in [0.717, 1.165) is 12.1 Å². The second kappa shape index (κ2) is 12.0. The quantitative estimate of drug-likeness (QED) is 0.500. The molecule has 3 N–H and O–H groups in total. The zero-order valence-electron chi connectivity index (χ0n) is 20.0. The van der Waals surface area contributed by atoms with Crippen molar-refractivity contribution in [3.05, 3.63) is 71.6 Å². The molecule has 178 valence electrons.